The fraction of sp³-hybridized carbons (Fsp3) is 0.0526. The van der Waals surface area contributed by atoms with Crippen LogP contribution in [0.4, 0.5) is 11.4 Å². The zero-order chi connectivity index (χ0) is 20.4. The lowest BCUT2D eigenvalue weighted by atomic mass is 10.2. The molecule has 0 fully saturated rings. The van der Waals surface area contributed by atoms with E-state index in [-0.39, 0.29) is 15.5 Å². The minimum Gasteiger partial charge on any atom is -0.280 e. The monoisotopic (exact) mass is 480 g/mol. The van der Waals surface area contributed by atoms with Crippen LogP contribution in [-0.4, -0.2) is 16.8 Å². The van der Waals surface area contributed by atoms with Gasteiger partial charge in [0.1, 0.15) is 4.90 Å². The lowest BCUT2D eigenvalue weighted by Gasteiger charge is -2.15. The molecule has 146 valence electrons. The molecule has 0 aromatic heterocycles. The van der Waals surface area contributed by atoms with Crippen LogP contribution in [-0.2, 0) is 20.0 Å². The summed E-state index contributed by atoms with van der Waals surface area (Å²) in [6.45, 7) is 1.67. The van der Waals surface area contributed by atoms with Crippen LogP contribution < -0.4 is 9.44 Å². The lowest BCUT2D eigenvalue weighted by molar-refractivity contribution is 0.600. The highest BCUT2D eigenvalue weighted by Crippen LogP contribution is 2.28. The topological polar surface area (TPSA) is 92.3 Å². The van der Waals surface area contributed by atoms with Gasteiger partial charge >= 0.3 is 0 Å². The van der Waals surface area contributed by atoms with Crippen molar-refractivity contribution in [3.8, 4) is 0 Å². The first kappa shape index (κ1) is 20.4. The van der Waals surface area contributed by atoms with Crippen molar-refractivity contribution in [3.63, 3.8) is 0 Å². The Kier molecular flexibility index (Phi) is 5.78. The predicted octanol–water partition coefficient (Wildman–Crippen LogP) is 4.36. The molecule has 0 spiro atoms. The van der Waals surface area contributed by atoms with Crippen molar-refractivity contribution >= 4 is 47.4 Å². The second-order valence-electron chi connectivity index (χ2n) is 5.98. The summed E-state index contributed by atoms with van der Waals surface area (Å²) in [5, 5.41) is 0. The van der Waals surface area contributed by atoms with Gasteiger partial charge in [0.25, 0.3) is 20.0 Å². The van der Waals surface area contributed by atoms with Gasteiger partial charge in [-0.3, -0.25) is 9.44 Å². The molecule has 3 rings (SSSR count). The number of anilines is 2. The number of para-hydroxylation sites is 2. The molecule has 2 N–H and O–H groups in total. The fourth-order valence-corrected chi connectivity index (χ4v) is 5.72. The molecule has 0 aliphatic heterocycles. The number of rotatable bonds is 6. The molecule has 0 radical (unpaired) electrons. The van der Waals surface area contributed by atoms with E-state index in [4.69, 9.17) is 0 Å². The molecule has 0 aliphatic rings. The van der Waals surface area contributed by atoms with Gasteiger partial charge in [0, 0.05) is 10.2 Å². The number of aryl methyl sites for hydroxylation is 1. The van der Waals surface area contributed by atoms with Gasteiger partial charge in [0.05, 0.1) is 10.6 Å². The third kappa shape index (κ3) is 4.54. The average Bonchev–Trinajstić information content (AvgIpc) is 2.64. The van der Waals surface area contributed by atoms with Crippen LogP contribution >= 0.6 is 15.9 Å². The standard InChI is InChI=1S/C19H17BrN2O4S2/c1-14-11-12-15(20)13-19(14)28(25,26)22-17-9-5-6-10-18(17)27(23,24)21-16-7-3-2-4-8-16/h2-13,21-22H,1H3. The molecule has 0 bridgehead atoms. The van der Waals surface area contributed by atoms with Gasteiger partial charge in [-0.05, 0) is 48.9 Å². The van der Waals surface area contributed by atoms with Crippen LogP contribution in [0.25, 0.3) is 0 Å². The SMILES string of the molecule is Cc1ccc(Br)cc1S(=O)(=O)Nc1ccccc1S(=O)(=O)Nc1ccccc1. The Bertz CT molecular complexity index is 1210. The van der Waals surface area contributed by atoms with E-state index in [1.165, 1.54) is 24.3 Å². The highest BCUT2D eigenvalue weighted by atomic mass is 79.9. The Labute approximate surface area is 172 Å². The largest absolute Gasteiger partial charge is 0.280 e. The molecule has 3 aromatic rings. The zero-order valence-electron chi connectivity index (χ0n) is 14.8. The van der Waals surface area contributed by atoms with Crippen LogP contribution in [0.5, 0.6) is 0 Å². The molecule has 28 heavy (non-hydrogen) atoms. The van der Waals surface area contributed by atoms with Crippen molar-refractivity contribution in [3.05, 3.63) is 82.8 Å². The molecular formula is C19H17BrN2O4S2. The van der Waals surface area contributed by atoms with Gasteiger partial charge in [-0.25, -0.2) is 16.8 Å². The van der Waals surface area contributed by atoms with Crippen LogP contribution in [0.2, 0.25) is 0 Å². The molecule has 6 nitrogen and oxygen atoms in total. The third-order valence-electron chi connectivity index (χ3n) is 3.89. The van der Waals surface area contributed by atoms with E-state index in [1.807, 2.05) is 0 Å². The molecule has 0 atom stereocenters. The van der Waals surface area contributed by atoms with Crippen LogP contribution in [0.3, 0.4) is 0 Å². The minimum atomic E-state index is -4.00. The summed E-state index contributed by atoms with van der Waals surface area (Å²) >= 11 is 3.26. The maximum absolute atomic E-state index is 12.9. The van der Waals surface area contributed by atoms with E-state index in [1.54, 1.807) is 55.5 Å². The Hall–Kier alpha value is -2.36. The number of halogens is 1. The molecule has 0 unspecified atom stereocenters. The minimum absolute atomic E-state index is 0.0368. The smallest absolute Gasteiger partial charge is 0.263 e. The van der Waals surface area contributed by atoms with E-state index < -0.39 is 20.0 Å². The van der Waals surface area contributed by atoms with Crippen molar-refractivity contribution in [2.75, 3.05) is 9.44 Å². The number of hydrogen-bond donors (Lipinski definition) is 2. The summed E-state index contributed by atoms with van der Waals surface area (Å²) in [6, 6.07) is 19.1. The number of sulfonamides is 2. The zero-order valence-corrected chi connectivity index (χ0v) is 18.0. The third-order valence-corrected chi connectivity index (χ3v) is 7.33. The van der Waals surface area contributed by atoms with Gasteiger partial charge in [0.2, 0.25) is 0 Å². The second-order valence-corrected chi connectivity index (χ2v) is 10.2. The fourth-order valence-electron chi connectivity index (χ4n) is 2.56. The van der Waals surface area contributed by atoms with Gasteiger partial charge in [-0.1, -0.05) is 52.3 Å². The molecule has 0 saturated heterocycles. The summed E-state index contributed by atoms with van der Waals surface area (Å²) in [6.07, 6.45) is 0. The van der Waals surface area contributed by atoms with Crippen LogP contribution in [0, 0.1) is 6.92 Å². The summed E-state index contributed by atoms with van der Waals surface area (Å²) in [5.41, 5.74) is 0.881. The van der Waals surface area contributed by atoms with Gasteiger partial charge in [-0.15, -0.1) is 0 Å². The molecule has 0 heterocycles. The summed E-state index contributed by atoms with van der Waals surface area (Å²) in [5.74, 6) is 0. The van der Waals surface area contributed by atoms with E-state index in [9.17, 15) is 16.8 Å². The Morgan fingerprint density at radius 2 is 1.32 bits per heavy atom. The molecule has 0 amide bonds. The van der Waals surface area contributed by atoms with Crippen LogP contribution in [0.1, 0.15) is 5.56 Å². The number of nitrogens with one attached hydrogen (secondary N) is 2. The van der Waals surface area contributed by atoms with E-state index in [0.29, 0.717) is 15.7 Å². The van der Waals surface area contributed by atoms with Crippen molar-refractivity contribution in [1.82, 2.24) is 0 Å². The quantitative estimate of drug-likeness (QED) is 0.547. The molecule has 0 aliphatic carbocycles. The lowest BCUT2D eigenvalue weighted by Crippen LogP contribution is -2.19. The maximum atomic E-state index is 12.9. The van der Waals surface area contributed by atoms with Gasteiger partial charge in [-0.2, -0.15) is 0 Å². The first-order chi connectivity index (χ1) is 13.2. The number of hydrogen-bond acceptors (Lipinski definition) is 4. The van der Waals surface area contributed by atoms with E-state index in [2.05, 4.69) is 25.4 Å². The highest BCUT2D eigenvalue weighted by molar-refractivity contribution is 9.10. The Balaban J connectivity index is 2.00. The van der Waals surface area contributed by atoms with E-state index >= 15 is 0 Å². The Morgan fingerprint density at radius 1 is 0.714 bits per heavy atom. The average molecular weight is 481 g/mol. The molecule has 0 saturated carbocycles. The van der Waals surface area contributed by atoms with Gasteiger partial charge in [0.15, 0.2) is 0 Å². The summed E-state index contributed by atoms with van der Waals surface area (Å²) in [4.78, 5) is -0.111. The molecular weight excluding hydrogens is 464 g/mol. The van der Waals surface area contributed by atoms with Crippen LogP contribution in [0.15, 0.2) is 87.1 Å². The maximum Gasteiger partial charge on any atom is 0.263 e. The normalized spacial score (nSPS) is 11.8. The summed E-state index contributed by atoms with van der Waals surface area (Å²) in [7, 11) is -8.00. The Morgan fingerprint density at radius 3 is 2.04 bits per heavy atom. The van der Waals surface area contributed by atoms with Crippen molar-refractivity contribution in [2.24, 2.45) is 0 Å². The van der Waals surface area contributed by atoms with Crippen molar-refractivity contribution in [2.45, 2.75) is 16.7 Å². The van der Waals surface area contributed by atoms with Crippen molar-refractivity contribution in [1.29, 1.82) is 0 Å². The second kappa shape index (κ2) is 7.94. The number of benzene rings is 3. The molecule has 9 heteroatoms. The first-order valence-electron chi connectivity index (χ1n) is 8.15. The van der Waals surface area contributed by atoms with Crippen molar-refractivity contribution < 1.29 is 16.8 Å². The molecule has 3 aromatic carbocycles. The summed E-state index contributed by atoms with van der Waals surface area (Å²) < 4.78 is 56.8. The van der Waals surface area contributed by atoms with E-state index in [0.717, 1.165) is 0 Å². The van der Waals surface area contributed by atoms with Gasteiger partial charge < -0.3 is 0 Å². The highest BCUT2D eigenvalue weighted by Gasteiger charge is 2.23. The first-order valence-corrected chi connectivity index (χ1v) is 11.9. The predicted molar refractivity (Wildman–Crippen MR) is 113 cm³/mol.